The fourth-order valence-corrected chi connectivity index (χ4v) is 2.73. The highest BCUT2D eigenvalue weighted by molar-refractivity contribution is 7.15. The summed E-state index contributed by atoms with van der Waals surface area (Å²) < 4.78 is 0. The van der Waals surface area contributed by atoms with E-state index in [1.165, 1.54) is 0 Å². The summed E-state index contributed by atoms with van der Waals surface area (Å²) >= 11 is 1.61. The normalized spacial score (nSPS) is 14.8. The van der Waals surface area contributed by atoms with Crippen molar-refractivity contribution < 1.29 is 9.90 Å². The van der Waals surface area contributed by atoms with Crippen LogP contribution in [0.25, 0.3) is 0 Å². The number of carbonyl (C=O) groups excluding carboxylic acids is 1. The van der Waals surface area contributed by atoms with Gasteiger partial charge in [-0.15, -0.1) is 0 Å². The molecule has 2 heterocycles. The van der Waals surface area contributed by atoms with Gasteiger partial charge in [0, 0.05) is 31.9 Å². The van der Waals surface area contributed by atoms with E-state index in [0.29, 0.717) is 13.1 Å². The van der Waals surface area contributed by atoms with Crippen LogP contribution in [0.15, 0.2) is 0 Å². The van der Waals surface area contributed by atoms with E-state index in [2.05, 4.69) is 4.98 Å². The van der Waals surface area contributed by atoms with Crippen LogP contribution in [0.4, 0.5) is 5.13 Å². The van der Waals surface area contributed by atoms with E-state index >= 15 is 0 Å². The number of aromatic nitrogens is 1. The highest BCUT2D eigenvalue weighted by atomic mass is 32.1. The molecule has 1 aromatic rings. The lowest BCUT2D eigenvalue weighted by Gasteiger charge is -2.25. The van der Waals surface area contributed by atoms with E-state index in [1.807, 2.05) is 19.0 Å². The lowest BCUT2D eigenvalue weighted by molar-refractivity contribution is -0.135. The summed E-state index contributed by atoms with van der Waals surface area (Å²) in [5, 5.41) is 9.79. The second-order valence-corrected chi connectivity index (χ2v) is 5.05. The summed E-state index contributed by atoms with van der Waals surface area (Å²) in [5.41, 5.74) is 1.09. The van der Waals surface area contributed by atoms with Gasteiger partial charge < -0.3 is 14.9 Å². The first kappa shape index (κ1) is 11.3. The van der Waals surface area contributed by atoms with E-state index < -0.39 is 6.61 Å². The first-order chi connectivity index (χ1) is 7.61. The smallest absolute Gasteiger partial charge is 0.248 e. The van der Waals surface area contributed by atoms with Crippen LogP contribution in [0.3, 0.4) is 0 Å². The molecule has 1 aromatic heterocycles. The maximum atomic E-state index is 11.4. The number of fused-ring (bicyclic) bond motifs is 1. The summed E-state index contributed by atoms with van der Waals surface area (Å²) in [6.07, 6.45) is 0.783. The van der Waals surface area contributed by atoms with Gasteiger partial charge in [-0.1, -0.05) is 11.3 Å². The Kier molecular flexibility index (Phi) is 3.11. The Balaban J connectivity index is 2.17. The second kappa shape index (κ2) is 4.39. The molecule has 0 spiro atoms. The van der Waals surface area contributed by atoms with Gasteiger partial charge in [0.1, 0.15) is 6.61 Å². The Morgan fingerprint density at radius 2 is 2.38 bits per heavy atom. The topological polar surface area (TPSA) is 56.7 Å². The van der Waals surface area contributed by atoms with Crippen molar-refractivity contribution in [2.75, 3.05) is 32.1 Å². The molecule has 16 heavy (non-hydrogen) atoms. The fourth-order valence-electron chi connectivity index (χ4n) is 1.69. The second-order valence-electron chi connectivity index (χ2n) is 3.98. The first-order valence-electron chi connectivity index (χ1n) is 5.16. The SMILES string of the molecule is CN(C)c1nc2c(s1)CN(C(=O)CO)CC2. The molecule has 0 aliphatic carbocycles. The molecule has 0 radical (unpaired) electrons. The maximum absolute atomic E-state index is 11.4. The first-order valence-corrected chi connectivity index (χ1v) is 5.98. The predicted octanol–water partition coefficient (Wildman–Crippen LogP) is 0.0861. The number of hydrogen-bond donors (Lipinski definition) is 1. The number of hydrogen-bond acceptors (Lipinski definition) is 5. The summed E-state index contributed by atoms with van der Waals surface area (Å²) in [6, 6.07) is 0. The molecule has 0 saturated carbocycles. The molecular formula is C10H15N3O2S. The number of rotatable bonds is 2. The zero-order chi connectivity index (χ0) is 11.7. The highest BCUT2D eigenvalue weighted by Crippen LogP contribution is 2.29. The third-order valence-corrected chi connectivity index (χ3v) is 3.84. The number of thiazole rings is 1. The number of carbonyl (C=O) groups is 1. The van der Waals surface area contributed by atoms with Gasteiger partial charge in [-0.3, -0.25) is 4.79 Å². The van der Waals surface area contributed by atoms with Crippen molar-refractivity contribution in [3.05, 3.63) is 10.6 Å². The summed E-state index contributed by atoms with van der Waals surface area (Å²) in [6.45, 7) is 0.831. The minimum atomic E-state index is -0.408. The third kappa shape index (κ3) is 2.03. The van der Waals surface area contributed by atoms with Crippen LogP contribution in [0.5, 0.6) is 0 Å². The molecule has 0 atom stereocenters. The largest absolute Gasteiger partial charge is 0.387 e. The molecule has 5 nitrogen and oxygen atoms in total. The molecule has 6 heteroatoms. The molecule has 0 bridgehead atoms. The quantitative estimate of drug-likeness (QED) is 0.797. The van der Waals surface area contributed by atoms with Crippen LogP contribution < -0.4 is 4.90 Å². The maximum Gasteiger partial charge on any atom is 0.248 e. The van der Waals surface area contributed by atoms with Crippen LogP contribution in [0.2, 0.25) is 0 Å². The van der Waals surface area contributed by atoms with Crippen LogP contribution in [0, 0.1) is 0 Å². The minimum Gasteiger partial charge on any atom is -0.387 e. The summed E-state index contributed by atoms with van der Waals surface area (Å²) in [5.74, 6) is -0.203. The van der Waals surface area contributed by atoms with Gasteiger partial charge in [0.05, 0.1) is 12.2 Å². The van der Waals surface area contributed by atoms with Crippen molar-refractivity contribution in [3.63, 3.8) is 0 Å². The average molecular weight is 241 g/mol. The van der Waals surface area contributed by atoms with E-state index in [9.17, 15) is 4.79 Å². The molecule has 1 N–H and O–H groups in total. The fraction of sp³-hybridized carbons (Fsp3) is 0.600. The average Bonchev–Trinajstić information content (AvgIpc) is 2.70. The Bertz CT molecular complexity index is 403. The number of aliphatic hydroxyl groups excluding tert-OH is 1. The highest BCUT2D eigenvalue weighted by Gasteiger charge is 2.23. The van der Waals surface area contributed by atoms with Crippen LogP contribution >= 0.6 is 11.3 Å². The van der Waals surface area contributed by atoms with Crippen molar-refractivity contribution in [2.24, 2.45) is 0 Å². The number of aliphatic hydroxyl groups is 1. The van der Waals surface area contributed by atoms with Gasteiger partial charge in [-0.2, -0.15) is 0 Å². The summed E-state index contributed by atoms with van der Waals surface area (Å²) in [4.78, 5) is 20.7. The zero-order valence-electron chi connectivity index (χ0n) is 9.43. The molecule has 0 aromatic carbocycles. The minimum absolute atomic E-state index is 0.203. The van der Waals surface area contributed by atoms with Crippen molar-refractivity contribution >= 4 is 22.4 Å². The van der Waals surface area contributed by atoms with Crippen molar-refractivity contribution in [2.45, 2.75) is 13.0 Å². The van der Waals surface area contributed by atoms with Gasteiger partial charge in [0.25, 0.3) is 0 Å². The van der Waals surface area contributed by atoms with Crippen molar-refractivity contribution in [1.29, 1.82) is 0 Å². The molecule has 2 rings (SSSR count). The lowest BCUT2D eigenvalue weighted by atomic mass is 10.2. The molecular weight excluding hydrogens is 226 g/mol. The summed E-state index contributed by atoms with van der Waals surface area (Å²) in [7, 11) is 3.92. The molecule has 88 valence electrons. The third-order valence-electron chi connectivity index (χ3n) is 2.59. The van der Waals surface area contributed by atoms with Crippen LogP contribution in [0.1, 0.15) is 10.6 Å². The lowest BCUT2D eigenvalue weighted by Crippen LogP contribution is -2.37. The predicted molar refractivity (Wildman–Crippen MR) is 62.6 cm³/mol. The molecule has 0 unspecified atom stereocenters. The Labute approximate surface area is 98.3 Å². The number of nitrogens with zero attached hydrogens (tertiary/aromatic N) is 3. The standard InChI is InChI=1S/C10H15N3O2S/c1-12(2)10-11-7-3-4-13(9(15)6-14)5-8(7)16-10/h14H,3-6H2,1-2H3. The molecule has 1 aliphatic heterocycles. The van der Waals surface area contributed by atoms with Crippen LogP contribution in [-0.4, -0.2) is 48.1 Å². The van der Waals surface area contributed by atoms with Gasteiger partial charge in [-0.05, 0) is 0 Å². The van der Waals surface area contributed by atoms with E-state index in [4.69, 9.17) is 5.11 Å². The number of anilines is 1. The molecule has 1 aliphatic rings. The van der Waals surface area contributed by atoms with Crippen molar-refractivity contribution in [3.8, 4) is 0 Å². The van der Waals surface area contributed by atoms with Crippen LogP contribution in [-0.2, 0) is 17.8 Å². The van der Waals surface area contributed by atoms with Gasteiger partial charge >= 0.3 is 0 Å². The van der Waals surface area contributed by atoms with Crippen molar-refractivity contribution in [1.82, 2.24) is 9.88 Å². The zero-order valence-corrected chi connectivity index (χ0v) is 10.3. The van der Waals surface area contributed by atoms with Gasteiger partial charge in [-0.25, -0.2) is 4.98 Å². The van der Waals surface area contributed by atoms with E-state index in [1.54, 1.807) is 16.2 Å². The molecule has 1 amide bonds. The van der Waals surface area contributed by atoms with E-state index in [0.717, 1.165) is 22.1 Å². The number of amides is 1. The Morgan fingerprint density at radius 1 is 1.62 bits per heavy atom. The van der Waals surface area contributed by atoms with Gasteiger partial charge in [0.15, 0.2) is 5.13 Å². The van der Waals surface area contributed by atoms with E-state index in [-0.39, 0.29) is 5.91 Å². The monoisotopic (exact) mass is 241 g/mol. The Morgan fingerprint density at radius 3 is 3.00 bits per heavy atom. The molecule has 0 saturated heterocycles. The van der Waals surface area contributed by atoms with Gasteiger partial charge in [0.2, 0.25) is 5.91 Å². The molecule has 0 fully saturated rings. The Hall–Kier alpha value is -1.14.